The van der Waals surface area contributed by atoms with Crippen LogP contribution >= 0.6 is 22.6 Å². The van der Waals surface area contributed by atoms with Crippen molar-refractivity contribution in [2.45, 2.75) is 24.3 Å². The summed E-state index contributed by atoms with van der Waals surface area (Å²) in [5, 5.41) is 2.95. The Morgan fingerprint density at radius 3 is 2.42 bits per heavy atom. The van der Waals surface area contributed by atoms with Gasteiger partial charge in [-0.3, -0.25) is 0 Å². The summed E-state index contributed by atoms with van der Waals surface area (Å²) in [6.45, 7) is 6.06. The smallest absolute Gasteiger partial charge is 0.318 e. The van der Waals surface area contributed by atoms with Crippen LogP contribution in [0.5, 0.6) is 0 Å². The fourth-order valence-corrected chi connectivity index (χ4v) is 1.16. The van der Waals surface area contributed by atoms with Crippen molar-refractivity contribution in [2.75, 3.05) is 13.1 Å². The Morgan fingerprint density at radius 2 is 2.08 bits per heavy atom. The molecular weight excluding hydrogens is 267 g/mol. The summed E-state index contributed by atoms with van der Waals surface area (Å²) in [6.07, 6.45) is 1.15. The second kappa shape index (κ2) is 4.30. The fourth-order valence-electron chi connectivity index (χ4n) is 0.895. The zero-order valence-electron chi connectivity index (χ0n) is 7.51. The number of amides is 2. The lowest BCUT2D eigenvalue weighted by molar-refractivity contribution is 0.166. The fraction of sp³-hybridized carbons (Fsp3) is 0.875. The van der Waals surface area contributed by atoms with Crippen molar-refractivity contribution >= 4 is 28.6 Å². The molecule has 3 nitrogen and oxygen atoms in total. The first-order valence-corrected chi connectivity index (χ1v) is 5.55. The third-order valence-electron chi connectivity index (χ3n) is 1.99. The van der Waals surface area contributed by atoms with Crippen LogP contribution in [0.25, 0.3) is 0 Å². The minimum absolute atomic E-state index is 0.0920. The van der Waals surface area contributed by atoms with Crippen molar-refractivity contribution in [3.8, 4) is 0 Å². The van der Waals surface area contributed by atoms with Crippen LogP contribution < -0.4 is 5.32 Å². The van der Waals surface area contributed by atoms with Crippen LogP contribution in [0.1, 0.15) is 20.3 Å². The van der Waals surface area contributed by atoms with Crippen LogP contribution in [-0.4, -0.2) is 28.1 Å². The van der Waals surface area contributed by atoms with Crippen molar-refractivity contribution in [3.63, 3.8) is 0 Å². The molecule has 0 aromatic carbocycles. The molecule has 70 valence electrons. The lowest BCUT2D eigenvalue weighted by Crippen LogP contribution is -2.50. The van der Waals surface area contributed by atoms with E-state index in [1.165, 1.54) is 0 Å². The molecule has 1 fully saturated rings. The van der Waals surface area contributed by atoms with Crippen LogP contribution in [-0.2, 0) is 0 Å². The summed E-state index contributed by atoms with van der Waals surface area (Å²) in [4.78, 5) is 13.2. The van der Waals surface area contributed by atoms with E-state index in [1.807, 2.05) is 4.90 Å². The number of rotatable bonds is 2. The first kappa shape index (κ1) is 10.1. The zero-order chi connectivity index (χ0) is 9.14. The van der Waals surface area contributed by atoms with Gasteiger partial charge in [0.25, 0.3) is 0 Å². The number of carbonyl (C=O) groups is 1. The molecule has 12 heavy (non-hydrogen) atoms. The Labute approximate surface area is 87.0 Å². The molecule has 0 aromatic rings. The number of alkyl halides is 1. The largest absolute Gasteiger partial charge is 0.326 e. The third-order valence-corrected chi connectivity index (χ3v) is 3.74. The van der Waals surface area contributed by atoms with Crippen LogP contribution in [0.3, 0.4) is 0 Å². The predicted molar refractivity (Wildman–Crippen MR) is 57.4 cm³/mol. The summed E-state index contributed by atoms with van der Waals surface area (Å²) in [5.41, 5.74) is 0. The van der Waals surface area contributed by atoms with Crippen LogP contribution in [0.2, 0.25) is 0 Å². The van der Waals surface area contributed by atoms with E-state index in [-0.39, 0.29) is 10.1 Å². The number of likely N-dealkylation sites (tertiary alicyclic amines) is 1. The van der Waals surface area contributed by atoms with Gasteiger partial charge in [0, 0.05) is 13.1 Å². The van der Waals surface area contributed by atoms with Crippen molar-refractivity contribution in [1.29, 1.82) is 0 Å². The Kier molecular flexibility index (Phi) is 3.61. The quantitative estimate of drug-likeness (QED) is 0.467. The summed E-state index contributed by atoms with van der Waals surface area (Å²) >= 11 is 2.26. The maximum atomic E-state index is 11.4. The topological polar surface area (TPSA) is 32.3 Å². The molecule has 1 unspecified atom stereocenters. The summed E-state index contributed by atoms with van der Waals surface area (Å²) in [7, 11) is 0. The molecule has 4 heteroatoms. The SMILES string of the molecule is CC(C)C(I)NC(=O)N1CCC1. The highest BCUT2D eigenvalue weighted by molar-refractivity contribution is 14.1. The van der Waals surface area contributed by atoms with E-state index in [2.05, 4.69) is 41.8 Å². The van der Waals surface area contributed by atoms with Gasteiger partial charge in [-0.15, -0.1) is 0 Å². The highest BCUT2D eigenvalue weighted by Gasteiger charge is 2.22. The van der Waals surface area contributed by atoms with Crippen LogP contribution in [0, 0.1) is 5.92 Å². The Bertz CT molecular complexity index is 168. The third kappa shape index (κ3) is 2.50. The van der Waals surface area contributed by atoms with Gasteiger partial charge in [0.05, 0.1) is 4.05 Å². The second-order valence-electron chi connectivity index (χ2n) is 3.44. The molecular formula is C8H15IN2O. The van der Waals surface area contributed by atoms with E-state index in [9.17, 15) is 4.79 Å². The highest BCUT2D eigenvalue weighted by atomic mass is 127. The maximum absolute atomic E-state index is 11.4. The molecule has 1 N–H and O–H groups in total. The van der Waals surface area contributed by atoms with Crippen molar-refractivity contribution < 1.29 is 4.79 Å². The van der Waals surface area contributed by atoms with E-state index in [0.717, 1.165) is 19.5 Å². The molecule has 0 aromatic heterocycles. The lowest BCUT2D eigenvalue weighted by Gasteiger charge is -2.32. The Morgan fingerprint density at radius 1 is 1.50 bits per heavy atom. The summed E-state index contributed by atoms with van der Waals surface area (Å²) < 4.78 is 0.246. The molecule has 1 atom stereocenters. The average molecular weight is 282 g/mol. The van der Waals surface area contributed by atoms with E-state index < -0.39 is 0 Å². The monoisotopic (exact) mass is 282 g/mol. The number of hydrogen-bond acceptors (Lipinski definition) is 1. The van der Waals surface area contributed by atoms with Crippen LogP contribution in [0.4, 0.5) is 4.79 Å². The van der Waals surface area contributed by atoms with Gasteiger partial charge in [-0.05, 0) is 12.3 Å². The van der Waals surface area contributed by atoms with Crippen molar-refractivity contribution in [1.82, 2.24) is 10.2 Å². The molecule has 1 rings (SSSR count). The standard InChI is InChI=1S/C8H15IN2O/c1-6(2)7(9)10-8(12)11-4-3-5-11/h6-7H,3-5H2,1-2H3,(H,10,12). The van der Waals surface area contributed by atoms with Crippen molar-refractivity contribution in [2.24, 2.45) is 5.92 Å². The van der Waals surface area contributed by atoms with E-state index >= 15 is 0 Å². The number of nitrogens with zero attached hydrogens (tertiary/aromatic N) is 1. The molecule has 0 aliphatic carbocycles. The maximum Gasteiger partial charge on any atom is 0.318 e. The van der Waals surface area contributed by atoms with E-state index in [1.54, 1.807) is 0 Å². The van der Waals surface area contributed by atoms with Gasteiger partial charge < -0.3 is 10.2 Å². The average Bonchev–Trinajstić information content (AvgIpc) is 1.82. The molecule has 0 saturated carbocycles. The summed E-state index contributed by atoms with van der Waals surface area (Å²) in [6, 6.07) is 0.0920. The van der Waals surface area contributed by atoms with Gasteiger partial charge in [-0.2, -0.15) is 0 Å². The number of carbonyl (C=O) groups excluding carboxylic acids is 1. The number of nitrogens with one attached hydrogen (secondary N) is 1. The normalized spacial score (nSPS) is 18.8. The molecule has 0 spiro atoms. The first-order valence-electron chi connectivity index (χ1n) is 4.31. The van der Waals surface area contributed by atoms with Gasteiger partial charge in [0.1, 0.15) is 0 Å². The van der Waals surface area contributed by atoms with E-state index in [0.29, 0.717) is 5.92 Å². The predicted octanol–water partition coefficient (Wildman–Crippen LogP) is 1.82. The Hall–Kier alpha value is 0. The summed E-state index contributed by atoms with van der Waals surface area (Å²) in [5.74, 6) is 0.496. The zero-order valence-corrected chi connectivity index (χ0v) is 9.67. The van der Waals surface area contributed by atoms with Crippen molar-refractivity contribution in [3.05, 3.63) is 0 Å². The second-order valence-corrected chi connectivity index (χ2v) is 4.78. The molecule has 1 saturated heterocycles. The highest BCUT2D eigenvalue weighted by Crippen LogP contribution is 2.11. The van der Waals surface area contributed by atoms with Gasteiger partial charge >= 0.3 is 6.03 Å². The van der Waals surface area contributed by atoms with Crippen LogP contribution in [0.15, 0.2) is 0 Å². The van der Waals surface area contributed by atoms with Gasteiger partial charge in [0.15, 0.2) is 0 Å². The molecule has 2 amide bonds. The Balaban J connectivity index is 2.25. The van der Waals surface area contributed by atoms with Gasteiger partial charge in [-0.25, -0.2) is 4.79 Å². The van der Waals surface area contributed by atoms with E-state index in [4.69, 9.17) is 0 Å². The number of hydrogen-bond donors (Lipinski definition) is 1. The number of urea groups is 1. The minimum Gasteiger partial charge on any atom is -0.326 e. The lowest BCUT2D eigenvalue weighted by atomic mass is 10.2. The molecule has 0 radical (unpaired) electrons. The molecule has 1 aliphatic rings. The molecule has 0 bridgehead atoms. The van der Waals surface area contributed by atoms with Gasteiger partial charge in [0.2, 0.25) is 0 Å². The molecule has 1 heterocycles. The molecule has 1 aliphatic heterocycles. The number of halogens is 1. The van der Waals surface area contributed by atoms with Gasteiger partial charge in [-0.1, -0.05) is 36.4 Å². The minimum atomic E-state index is 0.0920. The first-order chi connectivity index (χ1) is 5.61.